The SMILES string of the molecule is CSCNC(=O)[C@H](C)NC(=O)[C@@H](C)NC(=O)C(C)C. The van der Waals surface area contributed by atoms with E-state index in [0.717, 1.165) is 0 Å². The van der Waals surface area contributed by atoms with Crippen molar-refractivity contribution in [2.75, 3.05) is 12.1 Å². The minimum Gasteiger partial charge on any atom is -0.345 e. The van der Waals surface area contributed by atoms with Gasteiger partial charge in [-0.15, -0.1) is 11.8 Å². The van der Waals surface area contributed by atoms with Gasteiger partial charge in [0, 0.05) is 5.92 Å². The Bertz CT molecular complexity index is 334. The Kier molecular flexibility index (Phi) is 8.22. The van der Waals surface area contributed by atoms with Crippen LogP contribution in [0, 0.1) is 5.92 Å². The van der Waals surface area contributed by atoms with Gasteiger partial charge in [-0.2, -0.15) is 0 Å². The fourth-order valence-electron chi connectivity index (χ4n) is 1.15. The van der Waals surface area contributed by atoms with Crippen molar-refractivity contribution in [1.29, 1.82) is 0 Å². The molecule has 0 aromatic carbocycles. The van der Waals surface area contributed by atoms with Gasteiger partial charge in [0.05, 0.1) is 5.88 Å². The molecule has 0 aromatic rings. The summed E-state index contributed by atoms with van der Waals surface area (Å²) in [6, 6.07) is -1.29. The minimum atomic E-state index is -0.661. The van der Waals surface area contributed by atoms with Crippen molar-refractivity contribution in [1.82, 2.24) is 16.0 Å². The van der Waals surface area contributed by atoms with E-state index in [1.807, 2.05) is 6.26 Å². The van der Waals surface area contributed by atoms with E-state index in [0.29, 0.717) is 5.88 Å². The van der Waals surface area contributed by atoms with Crippen LogP contribution < -0.4 is 16.0 Å². The van der Waals surface area contributed by atoms with Gasteiger partial charge in [-0.3, -0.25) is 14.4 Å². The molecule has 0 aliphatic heterocycles. The summed E-state index contributed by atoms with van der Waals surface area (Å²) >= 11 is 1.48. The summed E-state index contributed by atoms with van der Waals surface area (Å²) in [5, 5.41) is 7.79. The van der Waals surface area contributed by atoms with Crippen molar-refractivity contribution in [2.24, 2.45) is 5.92 Å². The van der Waals surface area contributed by atoms with Gasteiger partial charge in [0.25, 0.3) is 0 Å². The molecule has 110 valence electrons. The number of amides is 3. The highest BCUT2D eigenvalue weighted by molar-refractivity contribution is 7.98. The summed E-state index contributed by atoms with van der Waals surface area (Å²) in [5.41, 5.74) is 0. The largest absolute Gasteiger partial charge is 0.345 e. The number of hydrogen-bond donors (Lipinski definition) is 3. The molecule has 0 rings (SSSR count). The summed E-state index contributed by atoms with van der Waals surface area (Å²) in [6.45, 7) is 6.68. The standard InChI is InChI=1S/C12H23N3O3S/c1-7(2)10(16)14-9(4)12(18)15-8(3)11(17)13-6-19-5/h7-9H,6H2,1-5H3,(H,13,17)(H,14,16)(H,15,18)/t8-,9+/m0/s1. The molecule has 19 heavy (non-hydrogen) atoms. The van der Waals surface area contributed by atoms with Gasteiger partial charge < -0.3 is 16.0 Å². The third-order valence-electron chi connectivity index (χ3n) is 2.42. The lowest BCUT2D eigenvalue weighted by Gasteiger charge is -2.18. The molecule has 0 aromatic heterocycles. The van der Waals surface area contributed by atoms with Crippen LogP contribution in [0.25, 0.3) is 0 Å². The van der Waals surface area contributed by atoms with E-state index in [-0.39, 0.29) is 23.6 Å². The van der Waals surface area contributed by atoms with Gasteiger partial charge in [0.15, 0.2) is 0 Å². The second-order valence-corrected chi connectivity index (χ2v) is 5.46. The molecule has 2 atom stereocenters. The topological polar surface area (TPSA) is 87.3 Å². The Morgan fingerprint density at radius 3 is 1.84 bits per heavy atom. The second kappa shape index (κ2) is 8.79. The van der Waals surface area contributed by atoms with Gasteiger partial charge in [0.1, 0.15) is 12.1 Å². The maximum Gasteiger partial charge on any atom is 0.242 e. The molecule has 0 aliphatic rings. The smallest absolute Gasteiger partial charge is 0.242 e. The third-order valence-corrected chi connectivity index (χ3v) is 2.85. The summed E-state index contributed by atoms with van der Waals surface area (Å²) in [4.78, 5) is 34.8. The van der Waals surface area contributed by atoms with Crippen LogP contribution >= 0.6 is 11.8 Å². The van der Waals surface area contributed by atoms with Crippen LogP contribution in [0.4, 0.5) is 0 Å². The molecule has 0 saturated heterocycles. The molecule has 0 unspecified atom stereocenters. The number of nitrogens with one attached hydrogen (secondary N) is 3. The van der Waals surface area contributed by atoms with E-state index in [1.165, 1.54) is 11.8 Å². The van der Waals surface area contributed by atoms with Gasteiger partial charge >= 0.3 is 0 Å². The van der Waals surface area contributed by atoms with Gasteiger partial charge in [-0.25, -0.2) is 0 Å². The molecule has 0 fully saturated rings. The lowest BCUT2D eigenvalue weighted by Crippen LogP contribution is -2.52. The van der Waals surface area contributed by atoms with E-state index < -0.39 is 12.1 Å². The van der Waals surface area contributed by atoms with Crippen molar-refractivity contribution in [2.45, 2.75) is 39.8 Å². The summed E-state index contributed by atoms with van der Waals surface area (Å²) < 4.78 is 0. The maximum atomic E-state index is 11.8. The lowest BCUT2D eigenvalue weighted by atomic mass is 10.2. The quantitative estimate of drug-likeness (QED) is 0.580. The lowest BCUT2D eigenvalue weighted by molar-refractivity contribution is -0.132. The first-order valence-electron chi connectivity index (χ1n) is 6.17. The van der Waals surface area contributed by atoms with E-state index in [2.05, 4.69) is 16.0 Å². The number of carbonyl (C=O) groups is 3. The van der Waals surface area contributed by atoms with Crippen molar-refractivity contribution in [3.05, 3.63) is 0 Å². The summed E-state index contributed by atoms with van der Waals surface area (Å²) in [7, 11) is 0. The van der Waals surface area contributed by atoms with Crippen LogP contribution in [0.5, 0.6) is 0 Å². The van der Waals surface area contributed by atoms with Gasteiger partial charge in [-0.05, 0) is 20.1 Å². The first kappa shape index (κ1) is 17.8. The fourth-order valence-corrected chi connectivity index (χ4v) is 1.43. The van der Waals surface area contributed by atoms with Crippen LogP contribution in [-0.2, 0) is 14.4 Å². The first-order chi connectivity index (χ1) is 8.79. The minimum absolute atomic E-state index is 0.183. The van der Waals surface area contributed by atoms with Crippen molar-refractivity contribution >= 4 is 29.5 Å². The van der Waals surface area contributed by atoms with E-state index in [4.69, 9.17) is 0 Å². The molecule has 7 heteroatoms. The predicted molar refractivity (Wildman–Crippen MR) is 76.6 cm³/mol. The summed E-state index contributed by atoms with van der Waals surface area (Å²) in [6.07, 6.45) is 1.87. The fraction of sp³-hybridized carbons (Fsp3) is 0.750. The normalized spacial score (nSPS) is 13.6. The molecular weight excluding hydrogens is 266 g/mol. The van der Waals surface area contributed by atoms with Crippen molar-refractivity contribution in [3.8, 4) is 0 Å². The molecule has 0 radical (unpaired) electrons. The van der Waals surface area contributed by atoms with Gasteiger partial charge in [-0.1, -0.05) is 13.8 Å². The molecular formula is C12H23N3O3S. The number of carbonyl (C=O) groups excluding carboxylic acids is 3. The molecule has 0 spiro atoms. The molecule has 3 N–H and O–H groups in total. The van der Waals surface area contributed by atoms with Crippen LogP contribution in [0.1, 0.15) is 27.7 Å². The number of hydrogen-bond acceptors (Lipinski definition) is 4. The van der Waals surface area contributed by atoms with Gasteiger partial charge in [0.2, 0.25) is 17.7 Å². The number of rotatable bonds is 7. The zero-order valence-corrected chi connectivity index (χ0v) is 12.9. The van der Waals surface area contributed by atoms with E-state index >= 15 is 0 Å². The van der Waals surface area contributed by atoms with E-state index in [9.17, 15) is 14.4 Å². The Labute approximate surface area is 118 Å². The zero-order chi connectivity index (χ0) is 15.0. The molecule has 0 aliphatic carbocycles. The Morgan fingerprint density at radius 2 is 1.37 bits per heavy atom. The Hall–Kier alpha value is -1.24. The van der Waals surface area contributed by atoms with Crippen LogP contribution in [0.3, 0.4) is 0 Å². The van der Waals surface area contributed by atoms with Crippen LogP contribution in [-0.4, -0.2) is 41.9 Å². The Morgan fingerprint density at radius 1 is 0.895 bits per heavy atom. The molecule has 0 saturated carbocycles. The highest BCUT2D eigenvalue weighted by Crippen LogP contribution is 1.94. The average Bonchev–Trinajstić information content (AvgIpc) is 2.35. The van der Waals surface area contributed by atoms with Crippen molar-refractivity contribution in [3.63, 3.8) is 0 Å². The third kappa shape index (κ3) is 7.05. The van der Waals surface area contributed by atoms with E-state index in [1.54, 1.807) is 27.7 Å². The Balaban J connectivity index is 4.21. The first-order valence-corrected chi connectivity index (χ1v) is 7.56. The average molecular weight is 289 g/mol. The summed E-state index contributed by atoms with van der Waals surface area (Å²) in [5.74, 6) is -0.496. The molecule has 0 heterocycles. The van der Waals surface area contributed by atoms with Crippen LogP contribution in [0.15, 0.2) is 0 Å². The molecule has 6 nitrogen and oxygen atoms in total. The predicted octanol–water partition coefficient (Wildman–Crippen LogP) is 0.0885. The molecule has 3 amide bonds. The number of thioether (sulfide) groups is 1. The second-order valence-electron chi connectivity index (χ2n) is 4.59. The molecule has 0 bridgehead atoms. The highest BCUT2D eigenvalue weighted by atomic mass is 32.2. The maximum absolute atomic E-state index is 11.8. The zero-order valence-electron chi connectivity index (χ0n) is 12.1. The highest BCUT2D eigenvalue weighted by Gasteiger charge is 2.21. The van der Waals surface area contributed by atoms with Crippen molar-refractivity contribution < 1.29 is 14.4 Å². The van der Waals surface area contributed by atoms with Crippen LogP contribution in [0.2, 0.25) is 0 Å². The monoisotopic (exact) mass is 289 g/mol.